The van der Waals surface area contributed by atoms with E-state index in [1.165, 1.54) is 24.9 Å². The van der Waals surface area contributed by atoms with E-state index in [1.54, 1.807) is 0 Å². The Morgan fingerprint density at radius 1 is 1.50 bits per heavy atom. The minimum Gasteiger partial charge on any atom is -0.379 e. The Morgan fingerprint density at radius 3 is 2.81 bits per heavy atom. The minimum absolute atomic E-state index is 0.614. The lowest BCUT2D eigenvalue weighted by atomic mass is 10.1. The third-order valence-corrected chi connectivity index (χ3v) is 3.25. The van der Waals surface area contributed by atoms with Crippen LogP contribution in [0.25, 0.3) is 0 Å². The molecule has 0 aliphatic heterocycles. The summed E-state index contributed by atoms with van der Waals surface area (Å²) >= 11 is 0. The van der Waals surface area contributed by atoms with Gasteiger partial charge in [0.05, 0.1) is 17.6 Å². The topological polar surface area (TPSA) is 28.2 Å². The highest BCUT2D eigenvalue weighted by Gasteiger charge is 2.30. The van der Waals surface area contributed by atoms with Gasteiger partial charge in [-0.25, -0.2) is 0 Å². The molecule has 0 amide bonds. The third-order valence-electron chi connectivity index (χ3n) is 3.25. The maximum atomic E-state index is 4.21. The zero-order valence-corrected chi connectivity index (χ0v) is 10.4. The average molecular weight is 219 g/mol. The Bertz CT molecular complexity index is 345. The fraction of sp³-hybridized carbons (Fsp3) is 0.615. The molecule has 0 aromatic carbocycles. The van der Waals surface area contributed by atoms with Crippen LogP contribution >= 0.6 is 0 Å². The zero-order chi connectivity index (χ0) is 11.5. The highest BCUT2D eigenvalue weighted by molar-refractivity contribution is 5.68. The van der Waals surface area contributed by atoms with Gasteiger partial charge < -0.3 is 10.2 Å². The fourth-order valence-corrected chi connectivity index (χ4v) is 2.14. The molecule has 1 aromatic rings. The highest BCUT2D eigenvalue weighted by atomic mass is 15.1. The van der Waals surface area contributed by atoms with Gasteiger partial charge in [0.2, 0.25) is 0 Å². The van der Waals surface area contributed by atoms with Crippen LogP contribution in [-0.2, 0) is 0 Å². The van der Waals surface area contributed by atoms with Gasteiger partial charge in [-0.2, -0.15) is 0 Å². The number of hydrogen-bond donors (Lipinski definition) is 1. The lowest BCUT2D eigenvalue weighted by Gasteiger charge is -2.22. The number of nitrogens with one attached hydrogen (secondary N) is 1. The van der Waals surface area contributed by atoms with Crippen LogP contribution in [-0.4, -0.2) is 25.1 Å². The third kappa shape index (κ3) is 2.46. The van der Waals surface area contributed by atoms with Crippen molar-refractivity contribution in [2.75, 3.05) is 24.3 Å². The molecule has 0 spiro atoms. The molecule has 1 N–H and O–H groups in total. The molecular weight excluding hydrogens is 198 g/mol. The molecule has 88 valence electrons. The Hall–Kier alpha value is -1.25. The van der Waals surface area contributed by atoms with E-state index in [2.05, 4.69) is 42.3 Å². The maximum absolute atomic E-state index is 4.21. The molecule has 0 saturated heterocycles. The molecule has 3 nitrogen and oxygen atoms in total. The van der Waals surface area contributed by atoms with Crippen molar-refractivity contribution in [3.8, 4) is 0 Å². The standard InChI is InChI=1S/C13H21N3/c1-4-11(10-5-6-10)15-12-9-14-8-7-13(12)16(2)3/h7-11,15H,4-6H2,1-3H3. The molecule has 3 heteroatoms. The number of aromatic nitrogens is 1. The molecule has 1 heterocycles. The van der Waals surface area contributed by atoms with Crippen molar-refractivity contribution in [3.05, 3.63) is 18.5 Å². The summed E-state index contributed by atoms with van der Waals surface area (Å²) in [7, 11) is 4.14. The lowest BCUT2D eigenvalue weighted by Crippen LogP contribution is -2.22. The van der Waals surface area contributed by atoms with Crippen molar-refractivity contribution in [3.63, 3.8) is 0 Å². The van der Waals surface area contributed by atoms with Crippen molar-refractivity contribution in [1.82, 2.24) is 4.98 Å². The second-order valence-electron chi connectivity index (χ2n) is 4.78. The summed E-state index contributed by atoms with van der Waals surface area (Å²) in [5, 5.41) is 3.64. The minimum atomic E-state index is 0.614. The monoisotopic (exact) mass is 219 g/mol. The van der Waals surface area contributed by atoms with E-state index < -0.39 is 0 Å². The van der Waals surface area contributed by atoms with Crippen LogP contribution in [0.1, 0.15) is 26.2 Å². The summed E-state index contributed by atoms with van der Waals surface area (Å²) in [6, 6.07) is 2.67. The Morgan fingerprint density at radius 2 is 2.25 bits per heavy atom. The van der Waals surface area contributed by atoms with Crippen LogP contribution < -0.4 is 10.2 Å². The first-order chi connectivity index (χ1) is 7.72. The summed E-state index contributed by atoms with van der Waals surface area (Å²) in [4.78, 5) is 6.33. The van der Waals surface area contributed by atoms with E-state index in [9.17, 15) is 0 Å². The Balaban J connectivity index is 2.12. The molecule has 1 aliphatic carbocycles. The van der Waals surface area contributed by atoms with Gasteiger partial charge in [0.25, 0.3) is 0 Å². The van der Waals surface area contributed by atoms with Crippen molar-refractivity contribution < 1.29 is 0 Å². The number of nitrogens with zero attached hydrogens (tertiary/aromatic N) is 2. The summed E-state index contributed by atoms with van der Waals surface area (Å²) in [5.41, 5.74) is 2.38. The zero-order valence-electron chi connectivity index (χ0n) is 10.4. The first kappa shape index (κ1) is 11.2. The SMILES string of the molecule is CCC(Nc1cnccc1N(C)C)C1CC1. The van der Waals surface area contributed by atoms with Gasteiger partial charge in [0.15, 0.2) is 0 Å². The van der Waals surface area contributed by atoms with E-state index in [-0.39, 0.29) is 0 Å². The molecule has 16 heavy (non-hydrogen) atoms. The van der Waals surface area contributed by atoms with Gasteiger partial charge in [0, 0.05) is 26.3 Å². The maximum Gasteiger partial charge on any atom is 0.0766 e. The second-order valence-corrected chi connectivity index (χ2v) is 4.78. The lowest BCUT2D eigenvalue weighted by molar-refractivity contribution is 0.616. The largest absolute Gasteiger partial charge is 0.379 e. The normalized spacial score (nSPS) is 16.9. The van der Waals surface area contributed by atoms with Crippen LogP contribution in [0.5, 0.6) is 0 Å². The number of hydrogen-bond acceptors (Lipinski definition) is 3. The predicted octanol–water partition coefficient (Wildman–Crippen LogP) is 2.75. The Labute approximate surface area is 97.9 Å². The van der Waals surface area contributed by atoms with Gasteiger partial charge >= 0.3 is 0 Å². The van der Waals surface area contributed by atoms with E-state index in [0.29, 0.717) is 6.04 Å². The van der Waals surface area contributed by atoms with E-state index in [4.69, 9.17) is 0 Å². The summed E-state index contributed by atoms with van der Waals surface area (Å²) in [6.45, 7) is 2.25. The Kier molecular flexibility index (Phi) is 3.32. The quantitative estimate of drug-likeness (QED) is 0.825. The van der Waals surface area contributed by atoms with E-state index >= 15 is 0 Å². The molecule has 2 rings (SSSR count). The fourth-order valence-electron chi connectivity index (χ4n) is 2.14. The molecule has 1 aromatic heterocycles. The van der Waals surface area contributed by atoms with Gasteiger partial charge in [-0.05, 0) is 31.2 Å². The van der Waals surface area contributed by atoms with E-state index in [0.717, 1.165) is 11.6 Å². The second kappa shape index (κ2) is 4.73. The smallest absolute Gasteiger partial charge is 0.0766 e. The van der Waals surface area contributed by atoms with Crippen LogP contribution in [0.4, 0.5) is 11.4 Å². The van der Waals surface area contributed by atoms with Crippen molar-refractivity contribution in [2.24, 2.45) is 5.92 Å². The summed E-state index contributed by atoms with van der Waals surface area (Å²) in [5.74, 6) is 0.875. The number of rotatable bonds is 5. The molecule has 0 bridgehead atoms. The first-order valence-electron chi connectivity index (χ1n) is 6.10. The van der Waals surface area contributed by atoms with Crippen LogP contribution in [0.3, 0.4) is 0 Å². The molecule has 1 unspecified atom stereocenters. The van der Waals surface area contributed by atoms with Crippen molar-refractivity contribution in [1.29, 1.82) is 0 Å². The average Bonchev–Trinajstić information content (AvgIpc) is 3.10. The van der Waals surface area contributed by atoms with Crippen LogP contribution in [0, 0.1) is 5.92 Å². The van der Waals surface area contributed by atoms with Crippen molar-refractivity contribution in [2.45, 2.75) is 32.2 Å². The van der Waals surface area contributed by atoms with Crippen LogP contribution in [0.2, 0.25) is 0 Å². The molecule has 1 atom stereocenters. The van der Waals surface area contributed by atoms with Gasteiger partial charge in [-0.1, -0.05) is 6.92 Å². The van der Waals surface area contributed by atoms with Crippen molar-refractivity contribution >= 4 is 11.4 Å². The number of anilines is 2. The molecule has 1 fully saturated rings. The molecule has 1 saturated carbocycles. The molecular formula is C13H21N3. The summed E-state index contributed by atoms with van der Waals surface area (Å²) < 4.78 is 0. The molecule has 0 radical (unpaired) electrons. The van der Waals surface area contributed by atoms with Gasteiger partial charge in [0.1, 0.15) is 0 Å². The highest BCUT2D eigenvalue weighted by Crippen LogP contribution is 2.36. The first-order valence-corrected chi connectivity index (χ1v) is 6.10. The van der Waals surface area contributed by atoms with Gasteiger partial charge in [-0.15, -0.1) is 0 Å². The summed E-state index contributed by atoms with van der Waals surface area (Å²) in [6.07, 6.45) is 7.72. The predicted molar refractivity (Wildman–Crippen MR) is 69.0 cm³/mol. The van der Waals surface area contributed by atoms with E-state index in [1.807, 2.05) is 12.4 Å². The van der Waals surface area contributed by atoms with Crippen LogP contribution in [0.15, 0.2) is 18.5 Å². The van der Waals surface area contributed by atoms with Gasteiger partial charge in [-0.3, -0.25) is 4.98 Å². The molecule has 1 aliphatic rings. The number of pyridine rings is 1.